The normalized spacial score (nSPS) is 31.8. The molecule has 0 radical (unpaired) electrons. The zero-order valence-electron chi connectivity index (χ0n) is 13.1. The summed E-state index contributed by atoms with van der Waals surface area (Å²) in [5, 5.41) is 12.3. The van der Waals surface area contributed by atoms with Gasteiger partial charge in [0.2, 0.25) is 5.91 Å². The minimum atomic E-state index is -0.822. The third kappa shape index (κ3) is 3.93. The van der Waals surface area contributed by atoms with Gasteiger partial charge in [0.1, 0.15) is 0 Å². The number of carboxylic acid groups (broad SMARTS) is 1. The Morgan fingerprint density at radius 2 is 1.81 bits per heavy atom. The summed E-state index contributed by atoms with van der Waals surface area (Å²) in [6.07, 6.45) is 9.50. The van der Waals surface area contributed by atoms with Gasteiger partial charge < -0.3 is 10.4 Å². The van der Waals surface area contributed by atoms with Crippen molar-refractivity contribution in [2.75, 3.05) is 12.8 Å². The number of hydrogen-bond donors (Lipinski definition) is 2. The van der Waals surface area contributed by atoms with Gasteiger partial charge in [0.25, 0.3) is 0 Å². The first-order valence-electron chi connectivity index (χ1n) is 8.03. The molecule has 4 nitrogen and oxygen atoms in total. The van der Waals surface area contributed by atoms with E-state index in [-0.39, 0.29) is 16.6 Å². The highest BCUT2D eigenvalue weighted by molar-refractivity contribution is 8.00. The molecule has 2 saturated carbocycles. The number of amides is 1. The highest BCUT2D eigenvalue weighted by atomic mass is 32.2. The van der Waals surface area contributed by atoms with Crippen LogP contribution >= 0.6 is 11.8 Å². The average Bonchev–Trinajstić information content (AvgIpc) is 2.88. The summed E-state index contributed by atoms with van der Waals surface area (Å²) in [6, 6.07) is 0. The molecule has 0 aliphatic heterocycles. The van der Waals surface area contributed by atoms with Crippen LogP contribution < -0.4 is 5.32 Å². The number of carbonyl (C=O) groups is 2. The van der Waals surface area contributed by atoms with Gasteiger partial charge in [-0.15, -0.1) is 0 Å². The first kappa shape index (κ1) is 16.7. The maximum Gasteiger partial charge on any atom is 0.307 e. The number of thioether (sulfide) groups is 1. The monoisotopic (exact) mass is 313 g/mol. The molecule has 120 valence electrons. The van der Waals surface area contributed by atoms with Crippen molar-refractivity contribution in [3.05, 3.63) is 0 Å². The van der Waals surface area contributed by atoms with Gasteiger partial charge in [-0.2, -0.15) is 11.8 Å². The van der Waals surface area contributed by atoms with Crippen LogP contribution in [0.1, 0.15) is 51.9 Å². The Labute approximate surface area is 131 Å². The van der Waals surface area contributed by atoms with Crippen LogP contribution in [0.4, 0.5) is 0 Å². The number of carboxylic acids is 1. The molecule has 0 aromatic heterocycles. The molecule has 2 rings (SSSR count). The van der Waals surface area contributed by atoms with E-state index in [0.29, 0.717) is 25.3 Å². The quantitative estimate of drug-likeness (QED) is 0.819. The van der Waals surface area contributed by atoms with Crippen LogP contribution in [0.2, 0.25) is 0 Å². The Balaban J connectivity index is 1.92. The van der Waals surface area contributed by atoms with Crippen LogP contribution in [0.3, 0.4) is 0 Å². The van der Waals surface area contributed by atoms with Gasteiger partial charge in [0.05, 0.1) is 11.8 Å². The fraction of sp³-hybridized carbons (Fsp3) is 0.875. The van der Waals surface area contributed by atoms with E-state index in [9.17, 15) is 14.7 Å². The fourth-order valence-electron chi connectivity index (χ4n) is 3.88. The van der Waals surface area contributed by atoms with Crippen LogP contribution in [0.25, 0.3) is 0 Å². The minimum Gasteiger partial charge on any atom is -0.481 e. The largest absolute Gasteiger partial charge is 0.481 e. The molecule has 0 aromatic rings. The van der Waals surface area contributed by atoms with Crippen LogP contribution in [-0.4, -0.2) is 34.5 Å². The van der Waals surface area contributed by atoms with Gasteiger partial charge in [-0.05, 0) is 37.9 Å². The maximum atomic E-state index is 12.4. The van der Waals surface area contributed by atoms with E-state index >= 15 is 0 Å². The second-order valence-corrected chi connectivity index (χ2v) is 8.07. The zero-order chi connectivity index (χ0) is 15.5. The maximum absolute atomic E-state index is 12.4. The van der Waals surface area contributed by atoms with Gasteiger partial charge in [0, 0.05) is 11.3 Å². The van der Waals surface area contributed by atoms with E-state index in [1.165, 1.54) is 19.3 Å². The van der Waals surface area contributed by atoms with Crippen molar-refractivity contribution in [3.8, 4) is 0 Å². The Hall–Kier alpha value is -0.710. The Morgan fingerprint density at radius 1 is 1.19 bits per heavy atom. The molecule has 21 heavy (non-hydrogen) atoms. The molecule has 2 N–H and O–H groups in total. The second-order valence-electron chi connectivity index (χ2n) is 6.79. The molecule has 5 heteroatoms. The summed E-state index contributed by atoms with van der Waals surface area (Å²) >= 11 is 1.85. The summed E-state index contributed by atoms with van der Waals surface area (Å²) in [4.78, 5) is 23.7. The molecule has 3 atom stereocenters. The lowest BCUT2D eigenvalue weighted by atomic mass is 9.87. The van der Waals surface area contributed by atoms with E-state index in [1.807, 2.05) is 18.7 Å². The van der Waals surface area contributed by atoms with Gasteiger partial charge in [0.15, 0.2) is 0 Å². The minimum absolute atomic E-state index is 0.0502. The SMILES string of the molecule is CSC1(CNC(=O)C2CC(C)CC2C(=O)O)CCCCC1. The first-order chi connectivity index (χ1) is 9.97. The molecule has 0 heterocycles. The van der Waals surface area contributed by atoms with E-state index in [1.54, 1.807) is 0 Å². The van der Waals surface area contributed by atoms with Crippen molar-refractivity contribution in [1.82, 2.24) is 5.32 Å². The summed E-state index contributed by atoms with van der Waals surface area (Å²) < 4.78 is 0.164. The molecule has 0 aromatic carbocycles. The van der Waals surface area contributed by atoms with Crippen LogP contribution in [0, 0.1) is 17.8 Å². The predicted octanol–water partition coefficient (Wildman–Crippen LogP) is 2.92. The van der Waals surface area contributed by atoms with Crippen LogP contribution in [0.5, 0.6) is 0 Å². The Bertz CT molecular complexity index is 393. The topological polar surface area (TPSA) is 66.4 Å². The van der Waals surface area contributed by atoms with E-state index in [2.05, 4.69) is 11.6 Å². The standard InChI is InChI=1S/C16H27NO3S/c1-11-8-12(13(9-11)15(19)20)14(18)17-10-16(21-2)6-4-3-5-7-16/h11-13H,3-10H2,1-2H3,(H,17,18)(H,19,20). The fourth-order valence-corrected chi connectivity index (χ4v) is 4.80. The van der Waals surface area contributed by atoms with Gasteiger partial charge >= 0.3 is 5.97 Å². The third-order valence-corrected chi connectivity index (χ3v) is 6.65. The number of hydrogen-bond acceptors (Lipinski definition) is 3. The van der Waals surface area contributed by atoms with E-state index in [0.717, 1.165) is 12.8 Å². The third-order valence-electron chi connectivity index (χ3n) is 5.23. The summed E-state index contributed by atoms with van der Waals surface area (Å²) in [7, 11) is 0. The molecule has 0 spiro atoms. The van der Waals surface area contributed by atoms with Crippen molar-refractivity contribution >= 4 is 23.6 Å². The first-order valence-corrected chi connectivity index (χ1v) is 9.25. The molecular formula is C16H27NO3S. The summed E-state index contributed by atoms with van der Waals surface area (Å²) in [5.41, 5.74) is 0. The van der Waals surface area contributed by atoms with E-state index < -0.39 is 11.9 Å². The summed E-state index contributed by atoms with van der Waals surface area (Å²) in [6.45, 7) is 2.72. The molecule has 0 saturated heterocycles. The van der Waals surface area contributed by atoms with E-state index in [4.69, 9.17) is 0 Å². The van der Waals surface area contributed by atoms with Crippen molar-refractivity contribution in [2.24, 2.45) is 17.8 Å². The van der Waals surface area contributed by atoms with Crippen molar-refractivity contribution in [1.29, 1.82) is 0 Å². The van der Waals surface area contributed by atoms with Gasteiger partial charge in [-0.25, -0.2) is 0 Å². The predicted molar refractivity (Wildman–Crippen MR) is 85.4 cm³/mol. The molecular weight excluding hydrogens is 286 g/mol. The van der Waals surface area contributed by atoms with Crippen LogP contribution in [-0.2, 0) is 9.59 Å². The number of rotatable bonds is 5. The number of carbonyl (C=O) groups excluding carboxylic acids is 1. The lowest BCUT2D eigenvalue weighted by Gasteiger charge is -2.36. The molecule has 2 aliphatic carbocycles. The van der Waals surface area contributed by atoms with Crippen molar-refractivity contribution < 1.29 is 14.7 Å². The van der Waals surface area contributed by atoms with Crippen molar-refractivity contribution in [2.45, 2.75) is 56.6 Å². The van der Waals surface area contributed by atoms with Gasteiger partial charge in [-0.1, -0.05) is 26.2 Å². The number of aliphatic carboxylic acids is 1. The average molecular weight is 313 g/mol. The second kappa shape index (κ2) is 7.03. The molecule has 2 fully saturated rings. The van der Waals surface area contributed by atoms with Gasteiger partial charge in [-0.3, -0.25) is 9.59 Å². The Morgan fingerprint density at radius 3 is 2.38 bits per heavy atom. The molecule has 2 aliphatic rings. The highest BCUT2D eigenvalue weighted by Gasteiger charge is 2.42. The smallest absolute Gasteiger partial charge is 0.307 e. The molecule has 3 unspecified atom stereocenters. The number of nitrogens with one attached hydrogen (secondary N) is 1. The molecule has 1 amide bonds. The highest BCUT2D eigenvalue weighted by Crippen LogP contribution is 2.39. The lowest BCUT2D eigenvalue weighted by molar-refractivity contribution is -0.146. The zero-order valence-corrected chi connectivity index (χ0v) is 13.9. The van der Waals surface area contributed by atoms with Crippen molar-refractivity contribution in [3.63, 3.8) is 0 Å². The molecule has 0 bridgehead atoms. The lowest BCUT2D eigenvalue weighted by Crippen LogP contribution is -2.44. The van der Waals surface area contributed by atoms with Crippen LogP contribution in [0.15, 0.2) is 0 Å². The summed E-state index contributed by atoms with van der Waals surface area (Å²) in [5.74, 6) is -1.40. The Kier molecular flexibility index (Phi) is 5.58.